The van der Waals surface area contributed by atoms with E-state index in [1.165, 1.54) is 37.4 Å². The van der Waals surface area contributed by atoms with Gasteiger partial charge in [0.05, 0.1) is 23.9 Å². The van der Waals surface area contributed by atoms with E-state index in [0.29, 0.717) is 23.6 Å². The molecule has 2 aromatic carbocycles. The highest BCUT2D eigenvalue weighted by Gasteiger charge is 2.51. The first-order valence-corrected chi connectivity index (χ1v) is 10.6. The Hall–Kier alpha value is -4.34. The number of para-hydroxylation sites is 1. The molecule has 174 valence electrons. The zero-order chi connectivity index (χ0) is 24.4. The average molecular weight is 463 g/mol. The van der Waals surface area contributed by atoms with E-state index in [9.17, 15) is 29.3 Å². The molecule has 0 saturated carbocycles. The molecule has 2 atom stereocenters. The van der Waals surface area contributed by atoms with Crippen molar-refractivity contribution in [3.8, 4) is 5.75 Å². The van der Waals surface area contributed by atoms with Crippen LogP contribution in [0.1, 0.15) is 33.6 Å². The Bertz CT molecular complexity index is 1180. The van der Waals surface area contributed by atoms with E-state index in [-0.39, 0.29) is 11.1 Å². The number of methoxy groups -OCH3 is 1. The Kier molecular flexibility index (Phi) is 6.22. The summed E-state index contributed by atoms with van der Waals surface area (Å²) < 4.78 is 5.08. The zero-order valence-electron chi connectivity index (χ0n) is 18.2. The summed E-state index contributed by atoms with van der Waals surface area (Å²) in [6.45, 7) is -0.651. The smallest absolute Gasteiger partial charge is 0.282 e. The molecule has 10 nitrogen and oxygen atoms in total. The standard InChI is InChI=1S/C24H21N3O7/c1-34-16-12-10-15(11-13-16)21(28)14-25(22(29)19-8-4-5-9-20(19)27(32)33)26-23(30)17-6-2-3-7-18(17)24(26)31/h2-5,8-13,17-18H,6-7,14H2,1H3/t17-,18+. The van der Waals surface area contributed by atoms with Crippen LogP contribution in [0.2, 0.25) is 0 Å². The number of benzene rings is 2. The van der Waals surface area contributed by atoms with E-state index in [2.05, 4.69) is 0 Å². The van der Waals surface area contributed by atoms with Crippen LogP contribution >= 0.6 is 0 Å². The van der Waals surface area contributed by atoms with Gasteiger partial charge in [-0.2, -0.15) is 5.01 Å². The van der Waals surface area contributed by atoms with Gasteiger partial charge in [0.15, 0.2) is 5.78 Å². The number of Topliss-reactive ketones (excluding diaryl/α,β-unsaturated/α-hetero) is 1. The van der Waals surface area contributed by atoms with Crippen molar-refractivity contribution in [1.82, 2.24) is 10.0 Å². The van der Waals surface area contributed by atoms with Gasteiger partial charge in [0.25, 0.3) is 23.4 Å². The Balaban J connectivity index is 1.73. The van der Waals surface area contributed by atoms with Crippen molar-refractivity contribution < 1.29 is 28.8 Å². The monoisotopic (exact) mass is 463 g/mol. The molecule has 0 aromatic heterocycles. The number of ether oxygens (including phenoxy) is 1. The Morgan fingerprint density at radius 1 is 1.03 bits per heavy atom. The van der Waals surface area contributed by atoms with Crippen LogP contribution in [-0.4, -0.2) is 52.1 Å². The average Bonchev–Trinajstić information content (AvgIpc) is 3.12. The molecule has 0 unspecified atom stereocenters. The maximum atomic E-state index is 13.5. The van der Waals surface area contributed by atoms with Crippen molar-refractivity contribution in [3.05, 3.63) is 81.9 Å². The SMILES string of the molecule is COc1ccc(C(=O)CN(C(=O)c2ccccc2[N+](=O)[O-])N2C(=O)[C@H]3CC=CC[C@H]3C2=O)cc1. The molecule has 1 aliphatic carbocycles. The molecular formula is C24H21N3O7. The van der Waals surface area contributed by atoms with Crippen LogP contribution in [0.5, 0.6) is 5.75 Å². The first kappa shape index (κ1) is 22.8. The highest BCUT2D eigenvalue weighted by molar-refractivity contribution is 6.10. The lowest BCUT2D eigenvalue weighted by Gasteiger charge is -2.30. The van der Waals surface area contributed by atoms with Gasteiger partial charge in [-0.15, -0.1) is 0 Å². The molecule has 2 aliphatic rings. The summed E-state index contributed by atoms with van der Waals surface area (Å²) in [5.74, 6) is -3.51. The highest BCUT2D eigenvalue weighted by Crippen LogP contribution is 2.36. The van der Waals surface area contributed by atoms with Gasteiger partial charge in [-0.1, -0.05) is 24.3 Å². The number of hydrazine groups is 1. The van der Waals surface area contributed by atoms with E-state index in [1.807, 2.05) is 0 Å². The number of hydrogen-bond donors (Lipinski definition) is 0. The van der Waals surface area contributed by atoms with Crippen molar-refractivity contribution in [2.24, 2.45) is 11.8 Å². The Morgan fingerprint density at radius 3 is 2.18 bits per heavy atom. The number of carbonyl (C=O) groups excluding carboxylic acids is 4. The number of nitro groups is 1. The van der Waals surface area contributed by atoms with Crippen molar-refractivity contribution in [2.45, 2.75) is 12.8 Å². The number of rotatable bonds is 7. The molecule has 10 heteroatoms. The first-order valence-electron chi connectivity index (χ1n) is 10.6. The summed E-state index contributed by atoms with van der Waals surface area (Å²) in [7, 11) is 1.48. The van der Waals surface area contributed by atoms with Gasteiger partial charge in [0, 0.05) is 11.6 Å². The summed E-state index contributed by atoms with van der Waals surface area (Å²) in [6.07, 6.45) is 4.27. The fraction of sp³-hybridized carbons (Fsp3) is 0.250. The molecular weight excluding hydrogens is 442 g/mol. The van der Waals surface area contributed by atoms with Crippen molar-refractivity contribution in [1.29, 1.82) is 0 Å². The van der Waals surface area contributed by atoms with Gasteiger partial charge >= 0.3 is 0 Å². The summed E-state index contributed by atoms with van der Waals surface area (Å²) in [5, 5.41) is 12.9. The number of hydrogen-bond acceptors (Lipinski definition) is 7. The molecule has 0 N–H and O–H groups in total. The first-order chi connectivity index (χ1) is 16.3. The second kappa shape index (κ2) is 9.26. The molecule has 0 spiro atoms. The zero-order valence-corrected chi connectivity index (χ0v) is 18.2. The van der Waals surface area contributed by atoms with Crippen LogP contribution in [0.15, 0.2) is 60.7 Å². The van der Waals surface area contributed by atoms with E-state index in [0.717, 1.165) is 11.1 Å². The molecule has 34 heavy (non-hydrogen) atoms. The summed E-state index contributed by atoms with van der Waals surface area (Å²) in [4.78, 5) is 63.7. The molecule has 1 heterocycles. The maximum Gasteiger partial charge on any atom is 0.282 e. The van der Waals surface area contributed by atoms with Gasteiger partial charge in [-0.25, -0.2) is 5.01 Å². The number of allylic oxidation sites excluding steroid dienone is 2. The molecule has 0 radical (unpaired) electrons. The van der Waals surface area contributed by atoms with Gasteiger partial charge in [-0.05, 0) is 43.2 Å². The second-order valence-electron chi connectivity index (χ2n) is 7.93. The Morgan fingerprint density at radius 2 is 1.62 bits per heavy atom. The number of ketones is 1. The van der Waals surface area contributed by atoms with Crippen LogP contribution in [-0.2, 0) is 9.59 Å². The minimum atomic E-state index is -0.984. The van der Waals surface area contributed by atoms with Crippen molar-refractivity contribution in [3.63, 3.8) is 0 Å². The molecule has 2 aromatic rings. The van der Waals surface area contributed by atoms with Crippen LogP contribution in [0.3, 0.4) is 0 Å². The lowest BCUT2D eigenvalue weighted by atomic mass is 9.85. The minimum absolute atomic E-state index is 0.222. The Labute approximate surface area is 194 Å². The van der Waals surface area contributed by atoms with Gasteiger partial charge < -0.3 is 4.74 Å². The third-order valence-electron chi connectivity index (χ3n) is 6.00. The summed E-state index contributed by atoms with van der Waals surface area (Å²) >= 11 is 0. The lowest BCUT2D eigenvalue weighted by molar-refractivity contribution is -0.385. The number of nitrogens with zero attached hydrogens (tertiary/aromatic N) is 3. The van der Waals surface area contributed by atoms with Gasteiger partial charge in [0.2, 0.25) is 0 Å². The van der Waals surface area contributed by atoms with Crippen LogP contribution in [0.25, 0.3) is 0 Å². The van der Waals surface area contributed by atoms with E-state index in [4.69, 9.17) is 4.74 Å². The number of amides is 3. The number of carbonyl (C=O) groups is 4. The molecule has 1 aliphatic heterocycles. The molecule has 3 amide bonds. The lowest BCUT2D eigenvalue weighted by Crippen LogP contribution is -2.52. The number of fused-ring (bicyclic) bond motifs is 1. The maximum absolute atomic E-state index is 13.5. The predicted octanol–water partition coefficient (Wildman–Crippen LogP) is 2.79. The van der Waals surface area contributed by atoms with Crippen LogP contribution < -0.4 is 4.74 Å². The predicted molar refractivity (Wildman–Crippen MR) is 119 cm³/mol. The topological polar surface area (TPSA) is 127 Å². The largest absolute Gasteiger partial charge is 0.497 e. The number of nitro benzene ring substituents is 1. The fourth-order valence-corrected chi connectivity index (χ4v) is 4.21. The van der Waals surface area contributed by atoms with Crippen molar-refractivity contribution in [2.75, 3.05) is 13.7 Å². The second-order valence-corrected chi connectivity index (χ2v) is 7.93. The van der Waals surface area contributed by atoms with Crippen LogP contribution in [0.4, 0.5) is 5.69 Å². The number of imide groups is 1. The van der Waals surface area contributed by atoms with E-state index >= 15 is 0 Å². The molecule has 1 fully saturated rings. The summed E-state index contributed by atoms with van der Waals surface area (Å²) in [6, 6.07) is 11.3. The molecule has 1 saturated heterocycles. The van der Waals surface area contributed by atoms with Gasteiger partial charge in [-0.3, -0.25) is 29.3 Å². The molecule has 0 bridgehead atoms. The quantitative estimate of drug-likeness (QED) is 0.203. The third-order valence-corrected chi connectivity index (χ3v) is 6.00. The molecule has 4 rings (SSSR count). The van der Waals surface area contributed by atoms with Crippen molar-refractivity contribution >= 4 is 29.2 Å². The summed E-state index contributed by atoms with van der Waals surface area (Å²) in [5.41, 5.74) is -0.601. The van der Waals surface area contributed by atoms with Crippen LogP contribution in [0, 0.1) is 22.0 Å². The normalized spacial score (nSPS) is 19.0. The van der Waals surface area contributed by atoms with Gasteiger partial charge in [0.1, 0.15) is 17.9 Å². The third kappa shape index (κ3) is 4.05. The fourth-order valence-electron chi connectivity index (χ4n) is 4.21. The van der Waals surface area contributed by atoms with E-state index in [1.54, 1.807) is 24.3 Å². The van der Waals surface area contributed by atoms with E-state index < -0.39 is 52.5 Å². The highest BCUT2D eigenvalue weighted by atomic mass is 16.6. The minimum Gasteiger partial charge on any atom is -0.497 e.